The molecule has 0 bridgehead atoms. The molecule has 0 aromatic carbocycles. The maximum Gasteiger partial charge on any atom is 0.127 e. The normalized spacial score (nSPS) is 11.2. The van der Waals surface area contributed by atoms with Gasteiger partial charge in [-0.3, -0.25) is 0 Å². The van der Waals surface area contributed by atoms with Crippen molar-refractivity contribution >= 4 is 5.52 Å². The number of rotatable bonds is 0. The average Bonchev–Trinajstić information content (AvgIpc) is 2.41. The van der Waals surface area contributed by atoms with Crippen LogP contribution in [-0.2, 0) is 0 Å². The van der Waals surface area contributed by atoms with E-state index in [0.717, 1.165) is 17.2 Å². The highest BCUT2D eigenvalue weighted by Crippen LogP contribution is 2.20. The molecule has 0 amide bonds. The van der Waals surface area contributed by atoms with E-state index in [0.29, 0.717) is 0 Å². The van der Waals surface area contributed by atoms with Gasteiger partial charge in [-0.15, -0.1) is 0 Å². The molecule has 0 fully saturated rings. The minimum Gasteiger partial charge on any atom is -0.238 e. The number of aryl methyl sites for hydroxylation is 5. The zero-order valence-electron chi connectivity index (χ0n) is 9.34. The Balaban J connectivity index is 3.03. The Labute approximate surface area is 83.8 Å². The first-order valence-electron chi connectivity index (χ1n) is 4.82. The van der Waals surface area contributed by atoms with Crippen molar-refractivity contribution in [2.24, 2.45) is 0 Å². The van der Waals surface area contributed by atoms with Crippen molar-refractivity contribution in [2.75, 3.05) is 0 Å². The minimum absolute atomic E-state index is 0.958. The highest BCUT2D eigenvalue weighted by molar-refractivity contribution is 5.62. The smallest absolute Gasteiger partial charge is 0.127 e. The third-order valence-corrected chi connectivity index (χ3v) is 2.89. The molecule has 0 N–H and O–H groups in total. The zero-order chi connectivity index (χ0) is 10.5. The van der Waals surface area contributed by atoms with E-state index in [2.05, 4.69) is 23.9 Å². The van der Waals surface area contributed by atoms with Gasteiger partial charge in [-0.2, -0.15) is 5.10 Å². The SMILES string of the molecule is Cc1nc(C)n2nc(C)c(C)c2c1C. The summed E-state index contributed by atoms with van der Waals surface area (Å²) in [5.41, 5.74) is 5.89. The van der Waals surface area contributed by atoms with Crippen LogP contribution in [0.15, 0.2) is 0 Å². The summed E-state index contributed by atoms with van der Waals surface area (Å²) in [6.45, 7) is 10.3. The monoisotopic (exact) mass is 189 g/mol. The topological polar surface area (TPSA) is 30.2 Å². The molecule has 2 heterocycles. The first-order valence-corrected chi connectivity index (χ1v) is 4.82. The Morgan fingerprint density at radius 3 is 2.07 bits per heavy atom. The Morgan fingerprint density at radius 2 is 1.43 bits per heavy atom. The Morgan fingerprint density at radius 1 is 0.857 bits per heavy atom. The van der Waals surface area contributed by atoms with Crippen LogP contribution in [0.1, 0.15) is 28.3 Å². The molecule has 3 heteroatoms. The van der Waals surface area contributed by atoms with Gasteiger partial charge in [-0.25, -0.2) is 9.50 Å². The van der Waals surface area contributed by atoms with E-state index < -0.39 is 0 Å². The van der Waals surface area contributed by atoms with Gasteiger partial charge in [-0.05, 0) is 45.7 Å². The summed E-state index contributed by atoms with van der Waals surface area (Å²) in [7, 11) is 0. The lowest BCUT2D eigenvalue weighted by molar-refractivity contribution is 0.832. The van der Waals surface area contributed by atoms with Gasteiger partial charge in [-0.1, -0.05) is 0 Å². The van der Waals surface area contributed by atoms with Crippen LogP contribution < -0.4 is 0 Å². The van der Waals surface area contributed by atoms with Crippen molar-refractivity contribution in [1.29, 1.82) is 0 Å². The number of nitrogens with zero attached hydrogens (tertiary/aromatic N) is 3. The lowest BCUT2D eigenvalue weighted by Gasteiger charge is -2.05. The molecular formula is C11H15N3. The highest BCUT2D eigenvalue weighted by Gasteiger charge is 2.11. The molecule has 0 aliphatic rings. The van der Waals surface area contributed by atoms with Gasteiger partial charge < -0.3 is 0 Å². The van der Waals surface area contributed by atoms with Gasteiger partial charge in [0.05, 0.1) is 11.2 Å². The van der Waals surface area contributed by atoms with Crippen molar-refractivity contribution in [3.05, 3.63) is 28.3 Å². The Kier molecular flexibility index (Phi) is 1.84. The largest absolute Gasteiger partial charge is 0.238 e. The second-order valence-electron chi connectivity index (χ2n) is 3.84. The van der Waals surface area contributed by atoms with E-state index in [4.69, 9.17) is 0 Å². The summed E-state index contributed by atoms with van der Waals surface area (Å²) in [6, 6.07) is 0. The van der Waals surface area contributed by atoms with Crippen molar-refractivity contribution in [3.63, 3.8) is 0 Å². The summed E-state index contributed by atoms with van der Waals surface area (Å²) >= 11 is 0. The van der Waals surface area contributed by atoms with Crippen LogP contribution in [0, 0.1) is 34.6 Å². The van der Waals surface area contributed by atoms with E-state index in [-0.39, 0.29) is 0 Å². The van der Waals surface area contributed by atoms with Crippen LogP contribution in [0.4, 0.5) is 0 Å². The second kappa shape index (κ2) is 2.80. The molecule has 0 atom stereocenters. The minimum atomic E-state index is 0.958. The lowest BCUT2D eigenvalue weighted by Crippen LogP contribution is -2.02. The molecule has 0 saturated heterocycles. The number of hydrogen-bond acceptors (Lipinski definition) is 2. The molecule has 0 aliphatic carbocycles. The molecule has 2 aromatic heterocycles. The van der Waals surface area contributed by atoms with Crippen molar-refractivity contribution in [3.8, 4) is 0 Å². The van der Waals surface area contributed by atoms with E-state index in [1.807, 2.05) is 25.3 Å². The molecule has 0 aliphatic heterocycles. The first kappa shape index (κ1) is 9.19. The van der Waals surface area contributed by atoms with E-state index in [1.165, 1.54) is 16.6 Å². The third-order valence-electron chi connectivity index (χ3n) is 2.89. The second-order valence-corrected chi connectivity index (χ2v) is 3.84. The lowest BCUT2D eigenvalue weighted by atomic mass is 10.1. The van der Waals surface area contributed by atoms with Gasteiger partial charge in [0, 0.05) is 5.69 Å². The highest BCUT2D eigenvalue weighted by atomic mass is 15.3. The van der Waals surface area contributed by atoms with Crippen LogP contribution in [0.25, 0.3) is 5.52 Å². The maximum atomic E-state index is 4.47. The van der Waals surface area contributed by atoms with Crippen LogP contribution in [-0.4, -0.2) is 14.6 Å². The summed E-state index contributed by atoms with van der Waals surface area (Å²) in [5.74, 6) is 0.958. The van der Waals surface area contributed by atoms with Gasteiger partial charge in [0.15, 0.2) is 0 Å². The molecular weight excluding hydrogens is 174 g/mol. The fourth-order valence-electron chi connectivity index (χ4n) is 1.82. The summed E-state index contributed by atoms with van der Waals surface area (Å²) < 4.78 is 1.94. The standard InChI is InChI=1S/C11H15N3/c1-6-8(3)12-10(5)14-11(6)7(2)9(4)13-14/h1-5H3. The Bertz CT molecular complexity index is 509. The molecule has 2 aromatic rings. The average molecular weight is 189 g/mol. The molecule has 0 radical (unpaired) electrons. The molecule has 0 spiro atoms. The molecule has 0 saturated carbocycles. The molecule has 3 nitrogen and oxygen atoms in total. The van der Waals surface area contributed by atoms with Gasteiger partial charge in [0.1, 0.15) is 5.82 Å². The predicted molar refractivity (Wildman–Crippen MR) is 56.7 cm³/mol. The van der Waals surface area contributed by atoms with Crippen molar-refractivity contribution < 1.29 is 0 Å². The van der Waals surface area contributed by atoms with Crippen LogP contribution in [0.3, 0.4) is 0 Å². The van der Waals surface area contributed by atoms with Crippen LogP contribution in [0.5, 0.6) is 0 Å². The van der Waals surface area contributed by atoms with Gasteiger partial charge >= 0.3 is 0 Å². The number of aromatic nitrogens is 3. The van der Waals surface area contributed by atoms with Crippen molar-refractivity contribution in [1.82, 2.24) is 14.6 Å². The van der Waals surface area contributed by atoms with Gasteiger partial charge in [0.25, 0.3) is 0 Å². The summed E-state index contributed by atoms with van der Waals surface area (Å²) in [4.78, 5) is 4.46. The molecule has 2 rings (SSSR count). The zero-order valence-corrected chi connectivity index (χ0v) is 9.34. The summed E-state index contributed by atoms with van der Waals surface area (Å²) in [6.07, 6.45) is 0. The Hall–Kier alpha value is -1.38. The van der Waals surface area contributed by atoms with E-state index in [9.17, 15) is 0 Å². The van der Waals surface area contributed by atoms with Gasteiger partial charge in [0.2, 0.25) is 0 Å². The van der Waals surface area contributed by atoms with Crippen LogP contribution in [0.2, 0.25) is 0 Å². The molecule has 0 unspecified atom stereocenters. The fourth-order valence-corrected chi connectivity index (χ4v) is 1.82. The number of fused-ring (bicyclic) bond motifs is 1. The first-order chi connectivity index (χ1) is 6.52. The fraction of sp³-hybridized carbons (Fsp3) is 0.455. The van der Waals surface area contributed by atoms with Crippen molar-refractivity contribution in [2.45, 2.75) is 34.6 Å². The quantitative estimate of drug-likeness (QED) is 0.636. The molecule has 14 heavy (non-hydrogen) atoms. The van der Waals surface area contributed by atoms with Crippen LogP contribution >= 0.6 is 0 Å². The van der Waals surface area contributed by atoms with E-state index >= 15 is 0 Å². The summed E-state index contributed by atoms with van der Waals surface area (Å²) in [5, 5.41) is 4.47. The van der Waals surface area contributed by atoms with E-state index in [1.54, 1.807) is 0 Å². The third kappa shape index (κ3) is 1.05. The number of hydrogen-bond donors (Lipinski definition) is 0. The maximum absolute atomic E-state index is 4.47. The molecule has 74 valence electrons. The predicted octanol–water partition coefficient (Wildman–Crippen LogP) is 2.27.